The highest BCUT2D eigenvalue weighted by atomic mass is 16.5. The van der Waals surface area contributed by atoms with E-state index in [9.17, 15) is 9.59 Å². The number of benzene rings is 3. The van der Waals surface area contributed by atoms with Gasteiger partial charge >= 0.3 is 11.6 Å². The minimum absolute atomic E-state index is 0.366. The highest BCUT2D eigenvalue weighted by Gasteiger charge is 2.19. The minimum atomic E-state index is -0.462. The summed E-state index contributed by atoms with van der Waals surface area (Å²) in [4.78, 5) is 29.6. The maximum atomic E-state index is 12.8. The standard InChI is InChI=1S/C25H18N2O4/c1-30-24(28)18-11-12-21-20(14-18)26-23(27(21)15-16-7-3-2-4-8-16)19-13-17-9-5-6-10-22(17)31-25(19)29/h2-14H,15H2,1H3. The van der Waals surface area contributed by atoms with Crippen LogP contribution in [0.3, 0.4) is 0 Å². The van der Waals surface area contributed by atoms with Gasteiger partial charge in [0.15, 0.2) is 0 Å². The first-order valence-electron chi connectivity index (χ1n) is 9.80. The first kappa shape index (κ1) is 18.8. The fourth-order valence-corrected chi connectivity index (χ4v) is 3.72. The zero-order valence-electron chi connectivity index (χ0n) is 16.7. The highest BCUT2D eigenvalue weighted by Crippen LogP contribution is 2.27. The molecule has 0 amide bonds. The molecule has 152 valence electrons. The molecular formula is C25H18N2O4. The summed E-state index contributed by atoms with van der Waals surface area (Å²) in [5.74, 6) is 0.0478. The van der Waals surface area contributed by atoms with Gasteiger partial charge in [-0.25, -0.2) is 14.6 Å². The summed E-state index contributed by atoms with van der Waals surface area (Å²) in [5, 5.41) is 0.811. The normalized spacial score (nSPS) is 11.1. The second-order valence-electron chi connectivity index (χ2n) is 7.19. The van der Waals surface area contributed by atoms with Crippen LogP contribution in [0.5, 0.6) is 0 Å². The van der Waals surface area contributed by atoms with Gasteiger partial charge in [-0.2, -0.15) is 0 Å². The number of hydrogen-bond acceptors (Lipinski definition) is 5. The topological polar surface area (TPSA) is 74.3 Å². The Morgan fingerprint density at radius 3 is 2.58 bits per heavy atom. The van der Waals surface area contributed by atoms with Crippen LogP contribution in [0.25, 0.3) is 33.4 Å². The molecule has 2 heterocycles. The molecule has 0 saturated carbocycles. The SMILES string of the molecule is COC(=O)c1ccc2c(c1)nc(-c1cc3ccccc3oc1=O)n2Cc1ccccc1. The van der Waals surface area contributed by atoms with Crippen molar-refractivity contribution in [1.29, 1.82) is 0 Å². The van der Waals surface area contributed by atoms with Gasteiger partial charge in [0.25, 0.3) is 0 Å². The second kappa shape index (κ2) is 7.57. The van der Waals surface area contributed by atoms with Crippen LogP contribution in [0.4, 0.5) is 0 Å². The van der Waals surface area contributed by atoms with Crippen molar-refractivity contribution in [1.82, 2.24) is 9.55 Å². The number of rotatable bonds is 4. The Morgan fingerprint density at radius 2 is 1.77 bits per heavy atom. The summed E-state index contributed by atoms with van der Waals surface area (Å²) in [6.45, 7) is 0.510. The van der Waals surface area contributed by atoms with Gasteiger partial charge in [0.05, 0.1) is 23.7 Å². The molecule has 0 fully saturated rings. The number of ether oxygens (including phenoxy) is 1. The molecule has 6 heteroatoms. The van der Waals surface area contributed by atoms with Crippen LogP contribution in [-0.2, 0) is 11.3 Å². The molecule has 0 aliphatic rings. The first-order chi connectivity index (χ1) is 15.1. The molecule has 0 bridgehead atoms. The summed E-state index contributed by atoms with van der Waals surface area (Å²) >= 11 is 0. The quantitative estimate of drug-likeness (QED) is 0.319. The number of esters is 1. The van der Waals surface area contributed by atoms with Crippen molar-refractivity contribution in [2.75, 3.05) is 7.11 Å². The average Bonchev–Trinajstić information content (AvgIpc) is 3.16. The van der Waals surface area contributed by atoms with E-state index in [-0.39, 0.29) is 0 Å². The van der Waals surface area contributed by atoms with E-state index in [0.717, 1.165) is 16.5 Å². The summed E-state index contributed by atoms with van der Waals surface area (Å²) in [6, 6.07) is 24.3. The molecule has 6 nitrogen and oxygen atoms in total. The fourth-order valence-electron chi connectivity index (χ4n) is 3.72. The molecule has 0 radical (unpaired) electrons. The smallest absolute Gasteiger partial charge is 0.347 e. The van der Waals surface area contributed by atoms with Crippen molar-refractivity contribution in [3.8, 4) is 11.4 Å². The lowest BCUT2D eigenvalue weighted by Gasteiger charge is -2.10. The van der Waals surface area contributed by atoms with Crippen molar-refractivity contribution in [3.63, 3.8) is 0 Å². The molecule has 0 aliphatic carbocycles. The number of hydrogen-bond donors (Lipinski definition) is 0. The van der Waals surface area contributed by atoms with Crippen molar-refractivity contribution < 1.29 is 13.9 Å². The maximum absolute atomic E-state index is 12.8. The van der Waals surface area contributed by atoms with Gasteiger partial charge in [-0.15, -0.1) is 0 Å². The van der Waals surface area contributed by atoms with Crippen LogP contribution >= 0.6 is 0 Å². The number of imidazole rings is 1. The fraction of sp³-hybridized carbons (Fsp3) is 0.0800. The maximum Gasteiger partial charge on any atom is 0.347 e. The van der Waals surface area contributed by atoms with Crippen molar-refractivity contribution in [3.05, 3.63) is 100 Å². The Labute approximate surface area is 177 Å². The Bertz CT molecular complexity index is 1480. The lowest BCUT2D eigenvalue weighted by molar-refractivity contribution is 0.0601. The lowest BCUT2D eigenvalue weighted by atomic mass is 10.1. The third-order valence-electron chi connectivity index (χ3n) is 5.24. The van der Waals surface area contributed by atoms with Gasteiger partial charge in [0.2, 0.25) is 0 Å². The van der Waals surface area contributed by atoms with Gasteiger partial charge in [-0.1, -0.05) is 48.5 Å². The molecule has 0 spiro atoms. The average molecular weight is 410 g/mol. The third kappa shape index (κ3) is 3.38. The summed E-state index contributed by atoms with van der Waals surface area (Å²) in [5.41, 5.74) is 3.29. The number of carbonyl (C=O) groups excluding carboxylic acids is 1. The number of fused-ring (bicyclic) bond motifs is 2. The second-order valence-corrected chi connectivity index (χ2v) is 7.19. The molecular weight excluding hydrogens is 392 g/mol. The molecule has 5 rings (SSSR count). The van der Waals surface area contributed by atoms with E-state index in [0.29, 0.717) is 34.6 Å². The Balaban J connectivity index is 1.76. The Morgan fingerprint density at radius 1 is 1.00 bits per heavy atom. The van der Waals surface area contributed by atoms with E-state index < -0.39 is 11.6 Å². The van der Waals surface area contributed by atoms with Crippen molar-refractivity contribution in [2.45, 2.75) is 6.54 Å². The first-order valence-corrected chi connectivity index (χ1v) is 9.80. The van der Waals surface area contributed by atoms with Crippen LogP contribution in [0.15, 0.2) is 88.1 Å². The van der Waals surface area contributed by atoms with Crippen molar-refractivity contribution >= 4 is 28.0 Å². The zero-order chi connectivity index (χ0) is 21.4. The summed E-state index contributed by atoms with van der Waals surface area (Å²) < 4.78 is 12.3. The molecule has 0 atom stereocenters. The zero-order valence-corrected chi connectivity index (χ0v) is 16.7. The molecule has 0 unspecified atom stereocenters. The summed E-state index contributed by atoms with van der Waals surface area (Å²) in [6.07, 6.45) is 0. The number of methoxy groups -OCH3 is 1. The molecule has 0 N–H and O–H groups in total. The van der Waals surface area contributed by atoms with E-state index in [4.69, 9.17) is 14.1 Å². The van der Waals surface area contributed by atoms with E-state index >= 15 is 0 Å². The Hall–Kier alpha value is -4.19. The number of nitrogens with zero attached hydrogens (tertiary/aromatic N) is 2. The minimum Gasteiger partial charge on any atom is -0.465 e. The summed E-state index contributed by atoms with van der Waals surface area (Å²) in [7, 11) is 1.34. The van der Waals surface area contributed by atoms with Crippen LogP contribution in [0.1, 0.15) is 15.9 Å². The monoisotopic (exact) mass is 410 g/mol. The van der Waals surface area contributed by atoms with Gasteiger partial charge in [0.1, 0.15) is 17.0 Å². The number of para-hydroxylation sites is 1. The molecule has 3 aromatic carbocycles. The third-order valence-corrected chi connectivity index (χ3v) is 5.24. The van der Waals surface area contributed by atoms with E-state index in [1.54, 1.807) is 24.3 Å². The Kier molecular flexibility index (Phi) is 4.59. The molecule has 5 aromatic rings. The number of carbonyl (C=O) groups is 1. The predicted molar refractivity (Wildman–Crippen MR) is 118 cm³/mol. The van der Waals surface area contributed by atoms with Gasteiger partial charge in [-0.05, 0) is 35.9 Å². The van der Waals surface area contributed by atoms with Crippen molar-refractivity contribution in [2.24, 2.45) is 0 Å². The van der Waals surface area contributed by atoms with Gasteiger partial charge in [-0.3, -0.25) is 0 Å². The highest BCUT2D eigenvalue weighted by molar-refractivity contribution is 5.94. The molecule has 0 saturated heterocycles. The largest absolute Gasteiger partial charge is 0.465 e. The van der Waals surface area contributed by atoms with E-state index in [2.05, 4.69) is 0 Å². The van der Waals surface area contributed by atoms with Crippen LogP contribution in [-0.4, -0.2) is 22.6 Å². The molecule has 2 aromatic heterocycles. The predicted octanol–water partition coefficient (Wildman–Crippen LogP) is 4.64. The van der Waals surface area contributed by atoms with Crippen LogP contribution < -0.4 is 5.63 Å². The van der Waals surface area contributed by atoms with E-state index in [1.165, 1.54) is 7.11 Å². The molecule has 31 heavy (non-hydrogen) atoms. The van der Waals surface area contributed by atoms with Crippen LogP contribution in [0, 0.1) is 0 Å². The van der Waals surface area contributed by atoms with E-state index in [1.807, 2.05) is 59.2 Å². The number of aromatic nitrogens is 2. The van der Waals surface area contributed by atoms with Crippen LogP contribution in [0.2, 0.25) is 0 Å². The van der Waals surface area contributed by atoms with Gasteiger partial charge < -0.3 is 13.7 Å². The van der Waals surface area contributed by atoms with Gasteiger partial charge in [0, 0.05) is 11.9 Å². The lowest BCUT2D eigenvalue weighted by Crippen LogP contribution is -2.09. The molecule has 0 aliphatic heterocycles.